The highest BCUT2D eigenvalue weighted by Gasteiger charge is 1.92. The Kier molecular flexibility index (Phi) is 40.5. The zero-order chi connectivity index (χ0) is 17.3. The van der Waals surface area contributed by atoms with Gasteiger partial charge in [0.1, 0.15) is 0 Å². The second-order valence-corrected chi connectivity index (χ2v) is 5.12. The maximum Gasteiger partial charge on any atom is 0.0701 e. The first-order chi connectivity index (χ1) is 10.9. The van der Waals surface area contributed by atoms with Crippen LogP contribution in [-0.2, 0) is 9.47 Å². The van der Waals surface area contributed by atoms with E-state index in [-0.39, 0.29) is 0 Å². The van der Waals surface area contributed by atoms with Crippen LogP contribution in [0, 0.1) is 0 Å². The molecule has 0 aliphatic heterocycles. The number of ether oxygens (including phenoxy) is 2. The average Bonchev–Trinajstić information content (AvgIpc) is 2.59. The van der Waals surface area contributed by atoms with Gasteiger partial charge in [0.25, 0.3) is 0 Å². The summed E-state index contributed by atoms with van der Waals surface area (Å²) in [7, 11) is 2.00. The summed E-state index contributed by atoms with van der Waals surface area (Å²) in [4.78, 5) is 0. The lowest BCUT2D eigenvalue weighted by Gasteiger charge is -2.06. The van der Waals surface area contributed by atoms with E-state index in [1.807, 2.05) is 34.7 Å². The fourth-order valence-corrected chi connectivity index (χ4v) is 2.10. The predicted molar refractivity (Wildman–Crippen MR) is 103 cm³/mol. The Morgan fingerprint density at radius 2 is 1.41 bits per heavy atom. The third kappa shape index (κ3) is 32.2. The number of nitrogens with one attached hydrogen (secondary N) is 2. The van der Waals surface area contributed by atoms with Crippen LogP contribution in [0.3, 0.4) is 0 Å². The Hall–Kier alpha value is 0.190. The van der Waals surface area contributed by atoms with Gasteiger partial charge < -0.3 is 14.8 Å². The summed E-state index contributed by atoms with van der Waals surface area (Å²) in [6, 6.07) is 0. The van der Waals surface area contributed by atoms with Crippen LogP contribution in [0.5, 0.6) is 0 Å². The van der Waals surface area contributed by atoms with E-state index in [0.717, 1.165) is 32.7 Å². The first-order valence-corrected chi connectivity index (χ1v) is 10.0. The second kappa shape index (κ2) is 33.0. The van der Waals surface area contributed by atoms with Gasteiger partial charge in [-0.05, 0) is 32.9 Å². The third-order valence-electron chi connectivity index (χ3n) is 2.34. The van der Waals surface area contributed by atoms with E-state index < -0.39 is 0 Å². The minimum Gasteiger partial charge on any atom is -0.379 e. The van der Waals surface area contributed by atoms with Crippen molar-refractivity contribution < 1.29 is 9.47 Å². The van der Waals surface area contributed by atoms with Crippen molar-refractivity contribution in [1.82, 2.24) is 10.0 Å². The van der Waals surface area contributed by atoms with Crippen LogP contribution in [-0.4, -0.2) is 52.3 Å². The summed E-state index contributed by atoms with van der Waals surface area (Å²) in [6.45, 7) is 15.2. The van der Waals surface area contributed by atoms with Gasteiger partial charge in [0.15, 0.2) is 0 Å². The van der Waals surface area contributed by atoms with Gasteiger partial charge in [-0.3, -0.25) is 4.72 Å². The van der Waals surface area contributed by atoms with Crippen LogP contribution >= 0.6 is 11.9 Å². The summed E-state index contributed by atoms with van der Waals surface area (Å²) in [5.41, 5.74) is 0. The van der Waals surface area contributed by atoms with E-state index in [2.05, 4.69) is 17.0 Å². The molecule has 138 valence electrons. The van der Waals surface area contributed by atoms with Crippen molar-refractivity contribution >= 4 is 11.9 Å². The van der Waals surface area contributed by atoms with Crippen LogP contribution < -0.4 is 10.0 Å². The van der Waals surface area contributed by atoms with Gasteiger partial charge in [0.2, 0.25) is 0 Å². The van der Waals surface area contributed by atoms with E-state index in [4.69, 9.17) is 9.47 Å². The lowest BCUT2D eigenvalue weighted by atomic mass is 10.2. The molecule has 5 heteroatoms. The maximum absolute atomic E-state index is 5.43. The summed E-state index contributed by atoms with van der Waals surface area (Å²) in [6.07, 6.45) is 4.94. The fourth-order valence-electron chi connectivity index (χ4n) is 1.38. The number of unbranched alkanes of at least 4 members (excludes halogenated alkanes) is 2. The number of hydrogen-bond donors (Lipinski definition) is 2. The summed E-state index contributed by atoms with van der Waals surface area (Å²) >= 11 is 1.80. The molecule has 0 heterocycles. The van der Waals surface area contributed by atoms with Crippen molar-refractivity contribution in [1.29, 1.82) is 0 Å². The Morgan fingerprint density at radius 3 is 2.00 bits per heavy atom. The standard InChI is InChI=1S/C13H30N2O2S.2C2H6/c1-3-9-16-11-12-17-10-8-15-18-13-6-4-5-7-14-2;2*1-2/h14-15H,3-13H2,1-2H3;2*1-2H3. The zero-order valence-electron chi connectivity index (χ0n) is 16.0. The van der Waals surface area contributed by atoms with Crippen LogP contribution in [0.4, 0.5) is 0 Å². The highest BCUT2D eigenvalue weighted by atomic mass is 32.2. The molecule has 0 unspecified atom stereocenters. The second-order valence-electron chi connectivity index (χ2n) is 4.13. The molecule has 0 saturated carbocycles. The topological polar surface area (TPSA) is 42.5 Å². The molecule has 0 aromatic heterocycles. The molecule has 0 rings (SSSR count). The molecule has 0 spiro atoms. The molecule has 0 aliphatic carbocycles. The molecule has 0 fully saturated rings. The Balaban J connectivity index is -0.000000826. The van der Waals surface area contributed by atoms with Crippen LogP contribution in [0.15, 0.2) is 0 Å². The molecule has 4 nitrogen and oxygen atoms in total. The van der Waals surface area contributed by atoms with E-state index in [1.165, 1.54) is 25.0 Å². The first-order valence-electron chi connectivity index (χ1n) is 9.06. The molecule has 0 atom stereocenters. The molecule has 0 saturated heterocycles. The summed E-state index contributed by atoms with van der Waals surface area (Å²) in [5.74, 6) is 1.18. The molecule has 0 radical (unpaired) electrons. The molecule has 0 aliphatic rings. The van der Waals surface area contributed by atoms with Gasteiger partial charge in [0, 0.05) is 18.9 Å². The normalized spacial score (nSPS) is 9.55. The maximum atomic E-state index is 5.43. The minimum atomic E-state index is 0.705. The molecular formula is C17H42N2O2S. The summed E-state index contributed by atoms with van der Waals surface area (Å²) < 4.78 is 14.1. The van der Waals surface area contributed by atoms with Crippen molar-refractivity contribution in [3.63, 3.8) is 0 Å². The first kappa shape index (κ1) is 27.1. The van der Waals surface area contributed by atoms with Crippen molar-refractivity contribution in [2.24, 2.45) is 0 Å². The molecule has 0 aromatic carbocycles. The van der Waals surface area contributed by atoms with Gasteiger partial charge in [0.05, 0.1) is 19.8 Å². The van der Waals surface area contributed by atoms with Crippen LogP contribution in [0.25, 0.3) is 0 Å². The van der Waals surface area contributed by atoms with E-state index in [1.54, 1.807) is 11.9 Å². The molecule has 2 N–H and O–H groups in total. The minimum absolute atomic E-state index is 0.705. The largest absolute Gasteiger partial charge is 0.379 e. The molecule has 0 amide bonds. The Morgan fingerprint density at radius 1 is 0.773 bits per heavy atom. The number of hydrogen-bond acceptors (Lipinski definition) is 5. The highest BCUT2D eigenvalue weighted by Crippen LogP contribution is 2.01. The van der Waals surface area contributed by atoms with E-state index in [9.17, 15) is 0 Å². The quantitative estimate of drug-likeness (QED) is 0.347. The van der Waals surface area contributed by atoms with Crippen LogP contribution in [0.1, 0.15) is 60.3 Å². The molecule has 22 heavy (non-hydrogen) atoms. The van der Waals surface area contributed by atoms with Crippen molar-refractivity contribution in [3.8, 4) is 0 Å². The van der Waals surface area contributed by atoms with Crippen LogP contribution in [0.2, 0.25) is 0 Å². The SMILES string of the molecule is CC.CC.CCCOCCOCCNSCCCCCNC. The molecule has 0 bridgehead atoms. The van der Waals surface area contributed by atoms with Crippen molar-refractivity contribution in [3.05, 3.63) is 0 Å². The monoisotopic (exact) mass is 338 g/mol. The zero-order valence-corrected chi connectivity index (χ0v) is 16.8. The lowest BCUT2D eigenvalue weighted by Crippen LogP contribution is -2.15. The van der Waals surface area contributed by atoms with E-state index >= 15 is 0 Å². The Labute approximate surface area is 144 Å². The van der Waals surface area contributed by atoms with Gasteiger partial charge in [-0.25, -0.2) is 0 Å². The van der Waals surface area contributed by atoms with E-state index in [0.29, 0.717) is 13.2 Å². The summed E-state index contributed by atoms with van der Waals surface area (Å²) in [5, 5.41) is 3.16. The van der Waals surface area contributed by atoms with Gasteiger partial charge in [-0.15, -0.1) is 0 Å². The Bertz CT molecular complexity index is 137. The average molecular weight is 339 g/mol. The van der Waals surface area contributed by atoms with Gasteiger partial charge >= 0.3 is 0 Å². The highest BCUT2D eigenvalue weighted by molar-refractivity contribution is 7.97. The fraction of sp³-hybridized carbons (Fsp3) is 1.00. The van der Waals surface area contributed by atoms with Crippen molar-refractivity contribution in [2.45, 2.75) is 60.3 Å². The van der Waals surface area contributed by atoms with Crippen molar-refractivity contribution in [2.75, 3.05) is 52.3 Å². The predicted octanol–water partition coefficient (Wildman–Crippen LogP) is 4.11. The third-order valence-corrected chi connectivity index (χ3v) is 3.25. The lowest BCUT2D eigenvalue weighted by molar-refractivity contribution is 0.0504. The number of rotatable bonds is 15. The smallest absolute Gasteiger partial charge is 0.0701 e. The van der Waals surface area contributed by atoms with Gasteiger partial charge in [-0.2, -0.15) is 0 Å². The molecular weight excluding hydrogens is 296 g/mol. The molecule has 0 aromatic rings. The van der Waals surface area contributed by atoms with Gasteiger partial charge in [-0.1, -0.05) is 53.0 Å².